The van der Waals surface area contributed by atoms with Crippen LogP contribution in [0.2, 0.25) is 0 Å². The van der Waals surface area contributed by atoms with Crippen molar-refractivity contribution in [2.24, 2.45) is 0 Å². The van der Waals surface area contributed by atoms with Crippen LogP contribution in [0.1, 0.15) is 0 Å². The molecule has 1 aliphatic rings. The number of sulfone groups is 1. The number of hydrogen-bond acceptors (Lipinski definition) is 5. The van der Waals surface area contributed by atoms with Crippen LogP contribution >= 0.6 is 0 Å². The van der Waals surface area contributed by atoms with Crippen LogP contribution in [0.15, 0.2) is 29.4 Å². The lowest BCUT2D eigenvalue weighted by Crippen LogP contribution is -2.62. The maximum Gasteiger partial charge on any atom is 0.198 e. The normalized spacial score (nSPS) is 19.5. The highest BCUT2D eigenvalue weighted by molar-refractivity contribution is 7.91. The van der Waals surface area contributed by atoms with Gasteiger partial charge in [0.25, 0.3) is 0 Å². The number of hydrogen-bond donors (Lipinski definition) is 2. The summed E-state index contributed by atoms with van der Waals surface area (Å²) >= 11 is 0. The van der Waals surface area contributed by atoms with Crippen LogP contribution in [0.3, 0.4) is 0 Å². The summed E-state index contributed by atoms with van der Waals surface area (Å²) in [6.07, 6.45) is 1.43. The van der Waals surface area contributed by atoms with E-state index >= 15 is 0 Å². The van der Waals surface area contributed by atoms with Gasteiger partial charge in [0.2, 0.25) is 0 Å². The molecule has 0 aromatic carbocycles. The number of nitrogens with one attached hydrogen (secondary N) is 1. The fourth-order valence-corrected chi connectivity index (χ4v) is 3.04. The van der Waals surface area contributed by atoms with E-state index in [0.717, 1.165) is 0 Å². The molecule has 0 spiro atoms. The summed E-state index contributed by atoms with van der Waals surface area (Å²) in [6.45, 7) is 0.637. The van der Waals surface area contributed by atoms with E-state index < -0.39 is 15.4 Å². The van der Waals surface area contributed by atoms with Gasteiger partial charge in [-0.1, -0.05) is 6.07 Å². The van der Waals surface area contributed by atoms with Crippen molar-refractivity contribution < 1.29 is 13.5 Å². The molecule has 2 heterocycles. The first-order valence-electron chi connectivity index (χ1n) is 4.59. The fraction of sp³-hybridized carbons (Fsp3) is 0.444. The zero-order valence-electron chi connectivity index (χ0n) is 8.05. The predicted molar refractivity (Wildman–Crippen MR) is 54.1 cm³/mol. The van der Waals surface area contributed by atoms with Crippen LogP contribution < -0.4 is 5.32 Å². The van der Waals surface area contributed by atoms with E-state index in [2.05, 4.69) is 10.3 Å². The van der Waals surface area contributed by atoms with Crippen molar-refractivity contribution >= 4 is 9.84 Å². The molecule has 0 amide bonds. The van der Waals surface area contributed by atoms with Crippen molar-refractivity contribution in [2.45, 2.75) is 10.6 Å². The second kappa shape index (κ2) is 3.55. The van der Waals surface area contributed by atoms with E-state index in [1.54, 1.807) is 12.1 Å². The molecule has 2 N–H and O–H groups in total. The van der Waals surface area contributed by atoms with Gasteiger partial charge in [0, 0.05) is 19.3 Å². The number of nitrogens with zero attached hydrogens (tertiary/aromatic N) is 1. The smallest absolute Gasteiger partial charge is 0.198 e. The summed E-state index contributed by atoms with van der Waals surface area (Å²) in [7, 11) is -3.48. The molecule has 0 saturated carbocycles. The highest BCUT2D eigenvalue weighted by atomic mass is 32.2. The fourth-order valence-electron chi connectivity index (χ4n) is 1.47. The van der Waals surface area contributed by atoms with Crippen LogP contribution in [-0.2, 0) is 9.84 Å². The molecule has 1 aromatic rings. The number of aromatic nitrogens is 1. The molecule has 15 heavy (non-hydrogen) atoms. The van der Waals surface area contributed by atoms with Crippen molar-refractivity contribution in [3.05, 3.63) is 24.4 Å². The Morgan fingerprint density at radius 2 is 2.20 bits per heavy atom. The molecule has 1 aromatic heterocycles. The lowest BCUT2D eigenvalue weighted by atomic mass is 10.0. The Bertz CT molecular complexity index is 440. The van der Waals surface area contributed by atoms with Crippen LogP contribution in [0.25, 0.3) is 0 Å². The van der Waals surface area contributed by atoms with E-state index in [4.69, 9.17) is 0 Å². The van der Waals surface area contributed by atoms with Crippen molar-refractivity contribution in [1.82, 2.24) is 10.3 Å². The maximum absolute atomic E-state index is 11.8. The lowest BCUT2D eigenvalue weighted by molar-refractivity contribution is 0.0120. The molecule has 1 saturated heterocycles. The molecule has 1 fully saturated rings. The topological polar surface area (TPSA) is 79.3 Å². The predicted octanol–water partition coefficient (Wildman–Crippen LogP) is -0.810. The van der Waals surface area contributed by atoms with Crippen molar-refractivity contribution in [3.63, 3.8) is 0 Å². The van der Waals surface area contributed by atoms with E-state index in [9.17, 15) is 13.5 Å². The minimum absolute atomic E-state index is 0.0188. The van der Waals surface area contributed by atoms with E-state index in [-0.39, 0.29) is 10.8 Å². The van der Waals surface area contributed by atoms with E-state index in [0.29, 0.717) is 13.1 Å². The Labute approximate surface area is 88.1 Å². The minimum atomic E-state index is -3.48. The summed E-state index contributed by atoms with van der Waals surface area (Å²) in [5.74, 6) is -0.274. The van der Waals surface area contributed by atoms with Crippen LogP contribution in [0.5, 0.6) is 0 Å². The van der Waals surface area contributed by atoms with E-state index in [1.807, 2.05) is 0 Å². The first kappa shape index (κ1) is 10.5. The van der Waals surface area contributed by atoms with Crippen molar-refractivity contribution in [3.8, 4) is 0 Å². The van der Waals surface area contributed by atoms with Crippen molar-refractivity contribution in [2.75, 3.05) is 18.8 Å². The second-order valence-electron chi connectivity index (χ2n) is 3.75. The first-order valence-corrected chi connectivity index (χ1v) is 6.24. The molecule has 0 aliphatic carbocycles. The molecular weight excluding hydrogens is 216 g/mol. The Morgan fingerprint density at radius 1 is 1.47 bits per heavy atom. The Kier molecular flexibility index (Phi) is 2.49. The van der Waals surface area contributed by atoms with E-state index in [1.165, 1.54) is 12.3 Å². The summed E-state index contributed by atoms with van der Waals surface area (Å²) < 4.78 is 23.6. The zero-order valence-corrected chi connectivity index (χ0v) is 8.87. The lowest BCUT2D eigenvalue weighted by Gasteiger charge is -2.36. The number of rotatable bonds is 3. The molecule has 6 heteroatoms. The molecule has 1 aliphatic heterocycles. The molecular formula is C9H12N2O3S. The third-order valence-electron chi connectivity index (χ3n) is 2.32. The molecule has 2 rings (SSSR count). The van der Waals surface area contributed by atoms with Crippen LogP contribution in [0, 0.1) is 0 Å². The van der Waals surface area contributed by atoms with Gasteiger partial charge in [-0.15, -0.1) is 0 Å². The van der Waals surface area contributed by atoms with Crippen LogP contribution in [-0.4, -0.2) is 43.0 Å². The molecule has 0 atom stereocenters. The Morgan fingerprint density at radius 3 is 2.67 bits per heavy atom. The highest BCUT2D eigenvalue weighted by Crippen LogP contribution is 2.17. The van der Waals surface area contributed by atoms with Gasteiger partial charge in [0.05, 0.1) is 5.75 Å². The molecule has 0 unspecified atom stereocenters. The SMILES string of the molecule is O=S(=O)(CC1(O)CNC1)c1ccccn1. The molecule has 5 nitrogen and oxygen atoms in total. The average Bonchev–Trinajstić information content (AvgIpc) is 2.16. The third kappa shape index (κ3) is 2.17. The Hall–Kier alpha value is -0.980. The standard InChI is InChI=1S/C9H12N2O3S/c12-9(5-10-6-9)7-15(13,14)8-3-1-2-4-11-8/h1-4,10,12H,5-7H2. The largest absolute Gasteiger partial charge is 0.386 e. The summed E-state index contributed by atoms with van der Waals surface area (Å²) in [5.41, 5.74) is -1.13. The summed E-state index contributed by atoms with van der Waals surface area (Å²) in [4.78, 5) is 3.77. The van der Waals surface area contributed by atoms with Gasteiger partial charge in [-0.3, -0.25) is 0 Å². The van der Waals surface area contributed by atoms with Gasteiger partial charge in [0.1, 0.15) is 5.60 Å². The zero-order chi connectivity index (χ0) is 10.9. The average molecular weight is 228 g/mol. The van der Waals surface area contributed by atoms with Gasteiger partial charge in [0.15, 0.2) is 14.9 Å². The third-order valence-corrected chi connectivity index (χ3v) is 4.12. The maximum atomic E-state index is 11.8. The minimum Gasteiger partial charge on any atom is -0.386 e. The highest BCUT2D eigenvalue weighted by Gasteiger charge is 2.39. The number of aliphatic hydroxyl groups is 1. The van der Waals surface area contributed by atoms with Gasteiger partial charge in [-0.05, 0) is 12.1 Å². The first-order chi connectivity index (χ1) is 7.02. The van der Waals surface area contributed by atoms with Crippen molar-refractivity contribution in [1.29, 1.82) is 0 Å². The van der Waals surface area contributed by atoms with Gasteiger partial charge in [-0.2, -0.15) is 0 Å². The number of pyridine rings is 1. The van der Waals surface area contributed by atoms with Crippen LogP contribution in [0.4, 0.5) is 0 Å². The summed E-state index contributed by atoms with van der Waals surface area (Å²) in [6, 6.07) is 4.70. The quantitative estimate of drug-likeness (QED) is 0.707. The Balaban J connectivity index is 2.21. The monoisotopic (exact) mass is 228 g/mol. The molecule has 0 radical (unpaired) electrons. The van der Waals surface area contributed by atoms with Gasteiger partial charge < -0.3 is 10.4 Å². The van der Waals surface area contributed by atoms with Gasteiger partial charge >= 0.3 is 0 Å². The number of β-amino-alcohol motifs (C(OH)–C–C–N with tert-alkyl or cyclic N) is 1. The van der Waals surface area contributed by atoms with Gasteiger partial charge in [-0.25, -0.2) is 13.4 Å². The molecule has 0 bridgehead atoms. The second-order valence-corrected chi connectivity index (χ2v) is 5.69. The summed E-state index contributed by atoms with van der Waals surface area (Å²) in [5, 5.41) is 12.6. The molecule has 82 valence electrons.